The standard InChI is InChI=1S/C15H22N2O4S/c1-12(2)21-15-5-4-14(10-13(15)3)22(19,20)17-8-6-16(11-18)7-9-17/h4-5,10-12H,6-9H2,1-3H3. The van der Waals surface area contributed by atoms with E-state index in [4.69, 9.17) is 4.74 Å². The summed E-state index contributed by atoms with van der Waals surface area (Å²) in [4.78, 5) is 12.5. The summed E-state index contributed by atoms with van der Waals surface area (Å²) < 4.78 is 32.3. The molecule has 122 valence electrons. The monoisotopic (exact) mass is 326 g/mol. The molecule has 0 aliphatic carbocycles. The van der Waals surface area contributed by atoms with Crippen LogP contribution in [-0.4, -0.2) is 56.3 Å². The van der Waals surface area contributed by atoms with Gasteiger partial charge in [0, 0.05) is 26.2 Å². The van der Waals surface area contributed by atoms with E-state index in [-0.39, 0.29) is 11.0 Å². The predicted octanol–water partition coefficient (Wildman–Crippen LogP) is 1.24. The van der Waals surface area contributed by atoms with Crippen molar-refractivity contribution in [3.8, 4) is 5.75 Å². The van der Waals surface area contributed by atoms with E-state index in [1.165, 1.54) is 4.31 Å². The molecule has 1 saturated heterocycles. The Morgan fingerprint density at radius 1 is 1.18 bits per heavy atom. The normalized spacial score (nSPS) is 16.8. The number of hydrogen-bond donors (Lipinski definition) is 0. The van der Waals surface area contributed by atoms with Crippen molar-refractivity contribution in [2.24, 2.45) is 0 Å². The number of sulfonamides is 1. The van der Waals surface area contributed by atoms with Gasteiger partial charge >= 0.3 is 0 Å². The van der Waals surface area contributed by atoms with Crippen LogP contribution in [0.4, 0.5) is 0 Å². The second kappa shape index (κ2) is 6.66. The van der Waals surface area contributed by atoms with Gasteiger partial charge in [0.25, 0.3) is 0 Å². The number of hydrogen-bond acceptors (Lipinski definition) is 4. The molecule has 6 nitrogen and oxygen atoms in total. The van der Waals surface area contributed by atoms with Crippen molar-refractivity contribution in [3.05, 3.63) is 23.8 Å². The maximum Gasteiger partial charge on any atom is 0.243 e. The summed E-state index contributed by atoms with van der Waals surface area (Å²) in [5, 5.41) is 0. The molecule has 0 bridgehead atoms. The molecule has 0 N–H and O–H groups in total. The molecule has 1 aromatic rings. The zero-order valence-corrected chi connectivity index (χ0v) is 14.0. The lowest BCUT2D eigenvalue weighted by molar-refractivity contribution is -0.119. The van der Waals surface area contributed by atoms with Gasteiger partial charge in [0.1, 0.15) is 5.75 Å². The molecular weight excluding hydrogens is 304 g/mol. The van der Waals surface area contributed by atoms with Gasteiger partial charge in [-0.25, -0.2) is 8.42 Å². The summed E-state index contributed by atoms with van der Waals surface area (Å²) in [6.45, 7) is 7.19. The van der Waals surface area contributed by atoms with Gasteiger partial charge in [-0.15, -0.1) is 0 Å². The molecule has 0 spiro atoms. The van der Waals surface area contributed by atoms with Crippen molar-refractivity contribution in [2.75, 3.05) is 26.2 Å². The van der Waals surface area contributed by atoms with Gasteiger partial charge in [0.15, 0.2) is 0 Å². The molecule has 0 unspecified atom stereocenters. The van der Waals surface area contributed by atoms with Crippen molar-refractivity contribution >= 4 is 16.4 Å². The maximum absolute atomic E-state index is 12.6. The second-order valence-electron chi connectivity index (χ2n) is 5.64. The third kappa shape index (κ3) is 3.59. The summed E-state index contributed by atoms with van der Waals surface area (Å²) >= 11 is 0. The summed E-state index contributed by atoms with van der Waals surface area (Å²) in [6, 6.07) is 4.91. The molecule has 0 atom stereocenters. The smallest absolute Gasteiger partial charge is 0.243 e. The Bertz CT molecular complexity index is 635. The van der Waals surface area contributed by atoms with E-state index in [1.54, 1.807) is 23.1 Å². The summed E-state index contributed by atoms with van der Waals surface area (Å²) in [5.74, 6) is 0.694. The first-order valence-corrected chi connectivity index (χ1v) is 8.75. The van der Waals surface area contributed by atoms with E-state index in [2.05, 4.69) is 0 Å². The minimum absolute atomic E-state index is 0.0394. The van der Waals surface area contributed by atoms with Crippen LogP contribution in [0.3, 0.4) is 0 Å². The van der Waals surface area contributed by atoms with E-state index >= 15 is 0 Å². The maximum atomic E-state index is 12.6. The predicted molar refractivity (Wildman–Crippen MR) is 83.3 cm³/mol. The molecule has 1 fully saturated rings. The topological polar surface area (TPSA) is 66.9 Å². The Kier molecular flexibility index (Phi) is 5.08. The molecular formula is C15H22N2O4S. The first-order valence-electron chi connectivity index (χ1n) is 7.31. The SMILES string of the molecule is Cc1cc(S(=O)(=O)N2CCN(C=O)CC2)ccc1OC(C)C. The largest absolute Gasteiger partial charge is 0.491 e. The zero-order chi connectivity index (χ0) is 16.3. The number of aryl methyl sites for hydroxylation is 1. The highest BCUT2D eigenvalue weighted by atomic mass is 32.2. The van der Waals surface area contributed by atoms with Gasteiger partial charge in [-0.3, -0.25) is 4.79 Å². The first kappa shape index (κ1) is 16.8. The Balaban J connectivity index is 2.19. The highest BCUT2D eigenvalue weighted by Crippen LogP contribution is 2.25. The van der Waals surface area contributed by atoms with Crippen LogP contribution in [0, 0.1) is 6.92 Å². The molecule has 1 aliphatic rings. The van der Waals surface area contributed by atoms with E-state index in [9.17, 15) is 13.2 Å². The van der Waals surface area contributed by atoms with Gasteiger partial charge in [-0.05, 0) is 44.5 Å². The molecule has 1 aliphatic heterocycles. The third-order valence-corrected chi connectivity index (χ3v) is 5.46. The quantitative estimate of drug-likeness (QED) is 0.764. The minimum atomic E-state index is -3.53. The van der Waals surface area contributed by atoms with Crippen LogP contribution in [-0.2, 0) is 14.8 Å². The molecule has 1 amide bonds. The van der Waals surface area contributed by atoms with Crippen LogP contribution in [0.1, 0.15) is 19.4 Å². The van der Waals surface area contributed by atoms with Crippen molar-refractivity contribution in [1.82, 2.24) is 9.21 Å². The molecule has 1 aromatic carbocycles. The number of ether oxygens (including phenoxy) is 1. The lowest BCUT2D eigenvalue weighted by Gasteiger charge is -2.31. The second-order valence-corrected chi connectivity index (χ2v) is 7.58. The first-order chi connectivity index (χ1) is 10.3. The Labute approximate surface area is 131 Å². The number of benzene rings is 1. The van der Waals surface area contributed by atoms with Gasteiger partial charge < -0.3 is 9.64 Å². The van der Waals surface area contributed by atoms with E-state index in [0.717, 1.165) is 12.0 Å². The number of amides is 1. The minimum Gasteiger partial charge on any atom is -0.491 e. The Morgan fingerprint density at radius 2 is 1.82 bits per heavy atom. The van der Waals surface area contributed by atoms with E-state index < -0.39 is 10.0 Å². The molecule has 22 heavy (non-hydrogen) atoms. The summed E-state index contributed by atoms with van der Waals surface area (Å²) in [7, 11) is -3.53. The number of piperazine rings is 1. The number of carbonyl (C=O) groups is 1. The van der Waals surface area contributed by atoms with Crippen molar-refractivity contribution in [2.45, 2.75) is 31.8 Å². The highest BCUT2D eigenvalue weighted by Gasteiger charge is 2.28. The van der Waals surface area contributed by atoms with Gasteiger partial charge in [-0.2, -0.15) is 4.31 Å². The van der Waals surface area contributed by atoms with Crippen LogP contribution in [0.2, 0.25) is 0 Å². The molecule has 0 saturated carbocycles. The van der Waals surface area contributed by atoms with Crippen molar-refractivity contribution < 1.29 is 17.9 Å². The number of nitrogens with zero attached hydrogens (tertiary/aromatic N) is 2. The van der Waals surface area contributed by atoms with Crippen LogP contribution in [0.25, 0.3) is 0 Å². The van der Waals surface area contributed by atoms with Crippen LogP contribution in [0.15, 0.2) is 23.1 Å². The van der Waals surface area contributed by atoms with Gasteiger partial charge in [0.05, 0.1) is 11.0 Å². The fourth-order valence-corrected chi connectivity index (χ4v) is 3.87. The van der Waals surface area contributed by atoms with E-state index in [0.29, 0.717) is 31.9 Å². The van der Waals surface area contributed by atoms with Crippen LogP contribution in [0.5, 0.6) is 5.75 Å². The fraction of sp³-hybridized carbons (Fsp3) is 0.533. The van der Waals surface area contributed by atoms with Crippen molar-refractivity contribution in [1.29, 1.82) is 0 Å². The van der Waals surface area contributed by atoms with Crippen LogP contribution < -0.4 is 4.74 Å². The highest BCUT2D eigenvalue weighted by molar-refractivity contribution is 7.89. The Morgan fingerprint density at radius 3 is 2.32 bits per heavy atom. The molecule has 0 radical (unpaired) electrons. The van der Waals surface area contributed by atoms with Gasteiger partial charge in [0.2, 0.25) is 16.4 Å². The average molecular weight is 326 g/mol. The lowest BCUT2D eigenvalue weighted by atomic mass is 10.2. The van der Waals surface area contributed by atoms with Crippen LogP contribution >= 0.6 is 0 Å². The van der Waals surface area contributed by atoms with Crippen molar-refractivity contribution in [3.63, 3.8) is 0 Å². The summed E-state index contributed by atoms with van der Waals surface area (Å²) in [6.07, 6.45) is 0.796. The zero-order valence-electron chi connectivity index (χ0n) is 13.2. The lowest BCUT2D eigenvalue weighted by Crippen LogP contribution is -2.47. The van der Waals surface area contributed by atoms with E-state index in [1.807, 2.05) is 20.8 Å². The molecule has 7 heteroatoms. The summed E-state index contributed by atoms with van der Waals surface area (Å²) in [5.41, 5.74) is 0.793. The average Bonchev–Trinajstić information content (AvgIpc) is 2.49. The number of carbonyl (C=O) groups excluding carboxylic acids is 1. The fourth-order valence-electron chi connectivity index (χ4n) is 2.37. The molecule has 0 aromatic heterocycles. The van der Waals surface area contributed by atoms with Gasteiger partial charge in [-0.1, -0.05) is 0 Å². The number of rotatable bonds is 5. The molecule has 2 rings (SSSR count). The third-order valence-electron chi connectivity index (χ3n) is 3.57. The Hall–Kier alpha value is -1.60. The molecule has 1 heterocycles.